The molecule has 0 bridgehead atoms. The fourth-order valence-corrected chi connectivity index (χ4v) is 3.00. The molecule has 8 heteroatoms. The predicted molar refractivity (Wildman–Crippen MR) is 74.1 cm³/mol. The summed E-state index contributed by atoms with van der Waals surface area (Å²) in [5.41, 5.74) is -1.38. The van der Waals surface area contributed by atoms with Crippen LogP contribution in [0.15, 0.2) is 48.5 Å². The summed E-state index contributed by atoms with van der Waals surface area (Å²) in [4.78, 5) is 0. The van der Waals surface area contributed by atoms with E-state index >= 15 is 0 Å². The van der Waals surface area contributed by atoms with Crippen LogP contribution in [-0.2, 0) is 22.0 Å². The van der Waals surface area contributed by atoms with Gasteiger partial charge in [-0.1, -0.05) is 30.3 Å². The molecule has 0 amide bonds. The highest BCUT2D eigenvalue weighted by Crippen LogP contribution is 2.33. The van der Waals surface area contributed by atoms with E-state index in [2.05, 4.69) is 0 Å². The van der Waals surface area contributed by atoms with Crippen LogP contribution in [0, 0.1) is 5.82 Å². The second kappa shape index (κ2) is 5.96. The molecule has 0 aromatic heterocycles. The summed E-state index contributed by atoms with van der Waals surface area (Å²) < 4.78 is 76.8. The van der Waals surface area contributed by atoms with Crippen LogP contribution >= 0.6 is 0 Å². The Labute approximate surface area is 124 Å². The van der Waals surface area contributed by atoms with E-state index in [1.54, 1.807) is 30.3 Å². The van der Waals surface area contributed by atoms with Crippen LogP contribution in [0.25, 0.3) is 0 Å². The van der Waals surface area contributed by atoms with Crippen molar-refractivity contribution in [1.29, 1.82) is 0 Å². The van der Waals surface area contributed by atoms with Crippen LogP contribution in [-0.4, -0.2) is 8.42 Å². The first-order valence-corrected chi connectivity index (χ1v) is 7.74. The van der Waals surface area contributed by atoms with Crippen molar-refractivity contribution in [3.05, 3.63) is 65.5 Å². The zero-order chi connectivity index (χ0) is 16.4. The Morgan fingerprint density at radius 1 is 1.00 bits per heavy atom. The van der Waals surface area contributed by atoms with Gasteiger partial charge in [0.05, 0.1) is 11.3 Å². The van der Waals surface area contributed by atoms with Gasteiger partial charge in [0.15, 0.2) is 0 Å². The zero-order valence-electron chi connectivity index (χ0n) is 11.1. The van der Waals surface area contributed by atoms with E-state index in [9.17, 15) is 26.0 Å². The number of anilines is 1. The topological polar surface area (TPSA) is 46.2 Å². The van der Waals surface area contributed by atoms with E-state index in [1.165, 1.54) is 0 Å². The molecule has 0 aliphatic heterocycles. The molecule has 0 fully saturated rings. The standard InChI is InChI=1S/C14H11F4NO2S/c15-13-7-6-11(8-12(13)14(16,17)18)19-22(20,21)9-10-4-2-1-3-5-10/h1-8,19H,9H2. The summed E-state index contributed by atoms with van der Waals surface area (Å²) in [7, 11) is -3.90. The third-order valence-electron chi connectivity index (χ3n) is 2.74. The van der Waals surface area contributed by atoms with E-state index in [0.29, 0.717) is 17.7 Å². The van der Waals surface area contributed by atoms with Gasteiger partial charge in [0.25, 0.3) is 0 Å². The van der Waals surface area contributed by atoms with Crippen molar-refractivity contribution < 1.29 is 26.0 Å². The highest BCUT2D eigenvalue weighted by Gasteiger charge is 2.34. The van der Waals surface area contributed by atoms with Gasteiger partial charge >= 0.3 is 6.18 Å². The minimum atomic E-state index is -4.90. The van der Waals surface area contributed by atoms with Gasteiger partial charge in [-0.2, -0.15) is 13.2 Å². The van der Waals surface area contributed by atoms with Crippen LogP contribution in [0.3, 0.4) is 0 Å². The Bertz CT molecular complexity index is 758. The fraction of sp³-hybridized carbons (Fsp3) is 0.143. The molecule has 118 valence electrons. The Kier molecular flexibility index (Phi) is 4.41. The minimum absolute atomic E-state index is 0.343. The average molecular weight is 333 g/mol. The zero-order valence-corrected chi connectivity index (χ0v) is 11.9. The third kappa shape index (κ3) is 4.20. The van der Waals surface area contributed by atoms with Gasteiger partial charge in [-0.15, -0.1) is 0 Å². The number of sulfonamides is 1. The molecule has 0 saturated heterocycles. The van der Waals surface area contributed by atoms with Crippen LogP contribution in [0.1, 0.15) is 11.1 Å². The number of hydrogen-bond donors (Lipinski definition) is 1. The number of alkyl halides is 3. The summed E-state index contributed by atoms with van der Waals surface area (Å²) >= 11 is 0. The Balaban J connectivity index is 2.23. The lowest BCUT2D eigenvalue weighted by atomic mass is 10.2. The third-order valence-corrected chi connectivity index (χ3v) is 4.00. The van der Waals surface area contributed by atoms with Crippen molar-refractivity contribution in [3.8, 4) is 0 Å². The number of hydrogen-bond acceptors (Lipinski definition) is 2. The number of halogens is 4. The van der Waals surface area contributed by atoms with Crippen molar-refractivity contribution >= 4 is 15.7 Å². The van der Waals surface area contributed by atoms with E-state index < -0.39 is 33.3 Å². The van der Waals surface area contributed by atoms with Crippen molar-refractivity contribution in [2.75, 3.05) is 4.72 Å². The van der Waals surface area contributed by atoms with Crippen molar-refractivity contribution in [1.82, 2.24) is 0 Å². The second-order valence-electron chi connectivity index (χ2n) is 4.54. The van der Waals surface area contributed by atoms with Gasteiger partial charge in [0.2, 0.25) is 10.0 Å². The molecule has 0 spiro atoms. The predicted octanol–water partition coefficient (Wildman–Crippen LogP) is 3.79. The lowest BCUT2D eigenvalue weighted by Crippen LogP contribution is -2.16. The molecule has 2 aromatic rings. The first-order valence-electron chi connectivity index (χ1n) is 6.08. The lowest BCUT2D eigenvalue weighted by molar-refractivity contribution is -0.139. The maximum atomic E-state index is 13.1. The summed E-state index contributed by atoms with van der Waals surface area (Å²) in [5, 5.41) is 0. The van der Waals surface area contributed by atoms with Gasteiger partial charge in [0.1, 0.15) is 5.82 Å². The number of nitrogens with one attached hydrogen (secondary N) is 1. The molecule has 2 rings (SSSR count). The maximum absolute atomic E-state index is 13.1. The van der Waals surface area contributed by atoms with Crippen molar-refractivity contribution in [2.45, 2.75) is 11.9 Å². The van der Waals surface area contributed by atoms with Gasteiger partial charge in [-0.25, -0.2) is 12.8 Å². The summed E-state index contributed by atoms with van der Waals surface area (Å²) in [5.74, 6) is -1.86. The molecule has 0 heterocycles. The first kappa shape index (κ1) is 16.3. The second-order valence-corrected chi connectivity index (χ2v) is 6.26. The van der Waals surface area contributed by atoms with E-state index in [-0.39, 0.29) is 5.69 Å². The maximum Gasteiger partial charge on any atom is 0.419 e. The van der Waals surface area contributed by atoms with Crippen molar-refractivity contribution in [3.63, 3.8) is 0 Å². The first-order chi connectivity index (χ1) is 10.2. The van der Waals surface area contributed by atoms with Crippen LogP contribution < -0.4 is 4.72 Å². The quantitative estimate of drug-likeness (QED) is 0.866. The largest absolute Gasteiger partial charge is 0.419 e. The average Bonchev–Trinajstić information content (AvgIpc) is 2.40. The van der Waals surface area contributed by atoms with E-state index in [0.717, 1.165) is 6.07 Å². The van der Waals surface area contributed by atoms with Gasteiger partial charge in [0, 0.05) is 5.69 Å². The minimum Gasteiger partial charge on any atom is -0.283 e. The molecule has 1 N–H and O–H groups in total. The molecular weight excluding hydrogens is 322 g/mol. The summed E-state index contributed by atoms with van der Waals surface area (Å²) in [6.07, 6.45) is -4.90. The number of benzene rings is 2. The molecule has 0 saturated carbocycles. The Morgan fingerprint density at radius 2 is 1.64 bits per heavy atom. The fourth-order valence-electron chi connectivity index (χ4n) is 1.82. The normalized spacial score (nSPS) is 12.2. The Morgan fingerprint density at radius 3 is 2.23 bits per heavy atom. The van der Waals surface area contributed by atoms with Crippen LogP contribution in [0.2, 0.25) is 0 Å². The molecule has 0 radical (unpaired) electrons. The molecular formula is C14H11F4NO2S. The molecule has 0 aliphatic rings. The molecule has 22 heavy (non-hydrogen) atoms. The highest BCUT2D eigenvalue weighted by atomic mass is 32.2. The molecule has 0 aliphatic carbocycles. The lowest BCUT2D eigenvalue weighted by Gasteiger charge is -2.12. The van der Waals surface area contributed by atoms with E-state index in [4.69, 9.17) is 0 Å². The van der Waals surface area contributed by atoms with Gasteiger partial charge in [-0.05, 0) is 23.8 Å². The number of rotatable bonds is 4. The monoisotopic (exact) mass is 333 g/mol. The van der Waals surface area contributed by atoms with Crippen LogP contribution in [0.5, 0.6) is 0 Å². The summed E-state index contributed by atoms with van der Waals surface area (Å²) in [6, 6.07) is 10.1. The van der Waals surface area contributed by atoms with Gasteiger partial charge < -0.3 is 0 Å². The van der Waals surface area contributed by atoms with Crippen molar-refractivity contribution in [2.24, 2.45) is 0 Å². The molecule has 0 atom stereocenters. The molecule has 0 unspecified atom stereocenters. The van der Waals surface area contributed by atoms with Gasteiger partial charge in [-0.3, -0.25) is 4.72 Å². The molecule has 3 nitrogen and oxygen atoms in total. The smallest absolute Gasteiger partial charge is 0.283 e. The highest BCUT2D eigenvalue weighted by molar-refractivity contribution is 7.91. The van der Waals surface area contributed by atoms with Crippen LogP contribution in [0.4, 0.5) is 23.2 Å². The van der Waals surface area contributed by atoms with E-state index in [1.807, 2.05) is 4.72 Å². The molecule has 2 aromatic carbocycles. The SMILES string of the molecule is O=S(=O)(Cc1ccccc1)Nc1ccc(F)c(C(F)(F)F)c1. The Hall–Kier alpha value is -2.09. The summed E-state index contributed by atoms with van der Waals surface area (Å²) in [6.45, 7) is 0.